The molecule has 3 N–H and O–H groups in total. The molecule has 0 unspecified atom stereocenters. The summed E-state index contributed by atoms with van der Waals surface area (Å²) in [5.41, 5.74) is 8.05. The average molecular weight is 307 g/mol. The second kappa shape index (κ2) is 10.5. The first-order valence-corrected chi connectivity index (χ1v) is 8.54. The molecule has 0 saturated heterocycles. The van der Waals surface area contributed by atoms with E-state index < -0.39 is 0 Å². The van der Waals surface area contributed by atoms with Gasteiger partial charge in [0.05, 0.1) is 11.8 Å². The van der Waals surface area contributed by atoms with Crippen LogP contribution in [0.5, 0.6) is 5.75 Å². The fraction of sp³-hybridized carbons (Fsp3) is 0.667. The summed E-state index contributed by atoms with van der Waals surface area (Å²) in [7, 11) is 0. The lowest BCUT2D eigenvalue weighted by molar-refractivity contribution is 0.244. The quantitative estimate of drug-likeness (QED) is 0.487. The van der Waals surface area contributed by atoms with Gasteiger partial charge < -0.3 is 20.7 Å². The largest absolute Gasteiger partial charge is 0.489 e. The number of nitrogens with zero attached hydrogens (tertiary/aromatic N) is 1. The van der Waals surface area contributed by atoms with Crippen molar-refractivity contribution in [2.45, 2.75) is 46.6 Å². The van der Waals surface area contributed by atoms with E-state index >= 15 is 0 Å². The molecule has 4 heteroatoms. The van der Waals surface area contributed by atoms with Gasteiger partial charge in [0.15, 0.2) is 0 Å². The molecule has 22 heavy (non-hydrogen) atoms. The number of ether oxygens (including phenoxy) is 1. The van der Waals surface area contributed by atoms with Crippen LogP contribution in [0.3, 0.4) is 0 Å². The maximum absolute atomic E-state index is 6.04. The minimum atomic E-state index is 0.156. The van der Waals surface area contributed by atoms with Crippen molar-refractivity contribution in [2.24, 2.45) is 0 Å². The fourth-order valence-corrected chi connectivity index (χ4v) is 2.43. The Labute approximate surface area is 136 Å². The average Bonchev–Trinajstić information content (AvgIpc) is 2.49. The normalized spacial score (nSPS) is 11.4. The van der Waals surface area contributed by atoms with Crippen LogP contribution in [0, 0.1) is 0 Å². The Bertz CT molecular complexity index is 417. The van der Waals surface area contributed by atoms with Crippen molar-refractivity contribution in [1.29, 1.82) is 0 Å². The third-order valence-corrected chi connectivity index (χ3v) is 3.76. The lowest BCUT2D eigenvalue weighted by Gasteiger charge is -2.18. The van der Waals surface area contributed by atoms with Crippen LogP contribution in [-0.2, 0) is 6.42 Å². The van der Waals surface area contributed by atoms with E-state index in [1.54, 1.807) is 0 Å². The number of benzene rings is 1. The summed E-state index contributed by atoms with van der Waals surface area (Å²) < 4.78 is 5.66. The molecule has 0 radical (unpaired) electrons. The van der Waals surface area contributed by atoms with Crippen LogP contribution in [0.15, 0.2) is 18.2 Å². The maximum Gasteiger partial charge on any atom is 0.142 e. The SMILES string of the molecule is CCN(CC)CCNCCCc1ccc(OC(C)C)c(N)c1. The van der Waals surface area contributed by atoms with Crippen molar-refractivity contribution in [3.63, 3.8) is 0 Å². The maximum atomic E-state index is 6.04. The van der Waals surface area contributed by atoms with Gasteiger partial charge in [-0.3, -0.25) is 0 Å². The number of hydrogen-bond acceptors (Lipinski definition) is 4. The van der Waals surface area contributed by atoms with Gasteiger partial charge >= 0.3 is 0 Å². The highest BCUT2D eigenvalue weighted by molar-refractivity contribution is 5.54. The zero-order valence-corrected chi connectivity index (χ0v) is 14.7. The number of anilines is 1. The van der Waals surface area contributed by atoms with Gasteiger partial charge in [-0.2, -0.15) is 0 Å². The molecule has 0 saturated carbocycles. The number of hydrogen-bond donors (Lipinski definition) is 2. The lowest BCUT2D eigenvalue weighted by Crippen LogP contribution is -2.32. The molecule has 126 valence electrons. The second-order valence-electron chi connectivity index (χ2n) is 5.92. The third-order valence-electron chi connectivity index (χ3n) is 3.76. The van der Waals surface area contributed by atoms with Crippen molar-refractivity contribution < 1.29 is 4.74 Å². The molecule has 4 nitrogen and oxygen atoms in total. The van der Waals surface area contributed by atoms with Crippen LogP contribution < -0.4 is 15.8 Å². The number of likely N-dealkylation sites (N-methyl/N-ethyl adjacent to an activating group) is 1. The van der Waals surface area contributed by atoms with Crippen LogP contribution in [0.25, 0.3) is 0 Å². The van der Waals surface area contributed by atoms with E-state index in [1.165, 1.54) is 5.56 Å². The number of nitrogen functional groups attached to an aromatic ring is 1. The predicted molar refractivity (Wildman–Crippen MR) is 95.6 cm³/mol. The van der Waals surface area contributed by atoms with E-state index in [-0.39, 0.29) is 6.10 Å². The van der Waals surface area contributed by atoms with Crippen LogP contribution in [-0.4, -0.2) is 43.7 Å². The van der Waals surface area contributed by atoms with E-state index in [9.17, 15) is 0 Å². The summed E-state index contributed by atoms with van der Waals surface area (Å²) in [4.78, 5) is 2.43. The van der Waals surface area contributed by atoms with Gasteiger partial charge in [-0.15, -0.1) is 0 Å². The Kier molecular flexibility index (Phi) is 8.94. The van der Waals surface area contributed by atoms with Crippen LogP contribution in [0.2, 0.25) is 0 Å². The molecule has 0 amide bonds. The van der Waals surface area contributed by atoms with Gasteiger partial charge in [0.1, 0.15) is 5.75 Å². The van der Waals surface area contributed by atoms with Gasteiger partial charge in [-0.25, -0.2) is 0 Å². The summed E-state index contributed by atoms with van der Waals surface area (Å²) in [6.45, 7) is 13.9. The Morgan fingerprint density at radius 2 is 1.91 bits per heavy atom. The zero-order chi connectivity index (χ0) is 16.4. The van der Waals surface area contributed by atoms with Crippen molar-refractivity contribution in [2.75, 3.05) is 38.5 Å². The summed E-state index contributed by atoms with van der Waals surface area (Å²) in [5.74, 6) is 0.788. The molecule has 0 aromatic heterocycles. The van der Waals surface area contributed by atoms with Gasteiger partial charge in [0.2, 0.25) is 0 Å². The van der Waals surface area contributed by atoms with Crippen LogP contribution in [0.4, 0.5) is 5.69 Å². The van der Waals surface area contributed by atoms with E-state index in [0.717, 1.165) is 57.0 Å². The minimum absolute atomic E-state index is 0.156. The number of aryl methyl sites for hydroxylation is 1. The Balaban J connectivity index is 2.24. The highest BCUT2D eigenvalue weighted by Gasteiger charge is 2.04. The first-order valence-electron chi connectivity index (χ1n) is 8.54. The molecule has 0 aliphatic heterocycles. The molecule has 0 spiro atoms. The van der Waals surface area contributed by atoms with Gasteiger partial charge in [-0.05, 0) is 64.0 Å². The van der Waals surface area contributed by atoms with E-state index in [0.29, 0.717) is 0 Å². The second-order valence-corrected chi connectivity index (χ2v) is 5.92. The molecule has 0 aliphatic carbocycles. The number of rotatable bonds is 11. The van der Waals surface area contributed by atoms with E-state index in [1.807, 2.05) is 26.0 Å². The van der Waals surface area contributed by atoms with Crippen molar-refractivity contribution in [3.8, 4) is 5.75 Å². The molecule has 1 rings (SSSR count). The molecule has 1 aromatic carbocycles. The minimum Gasteiger partial charge on any atom is -0.489 e. The van der Waals surface area contributed by atoms with E-state index in [4.69, 9.17) is 10.5 Å². The highest BCUT2D eigenvalue weighted by atomic mass is 16.5. The molecule has 0 heterocycles. The van der Waals surface area contributed by atoms with E-state index in [2.05, 4.69) is 30.1 Å². The zero-order valence-electron chi connectivity index (χ0n) is 14.7. The molecular formula is C18H33N3O. The molecule has 0 bridgehead atoms. The monoisotopic (exact) mass is 307 g/mol. The van der Waals surface area contributed by atoms with Crippen molar-refractivity contribution in [1.82, 2.24) is 10.2 Å². The Morgan fingerprint density at radius 1 is 1.18 bits per heavy atom. The summed E-state index contributed by atoms with van der Waals surface area (Å²) in [6.07, 6.45) is 2.33. The summed E-state index contributed by atoms with van der Waals surface area (Å²) >= 11 is 0. The standard InChI is InChI=1S/C18H33N3O/c1-5-21(6-2)13-12-20-11-7-8-16-9-10-18(17(19)14-16)22-15(3)4/h9-10,14-15,20H,5-8,11-13,19H2,1-4H3. The first-order chi connectivity index (χ1) is 10.6. The molecule has 0 fully saturated rings. The fourth-order valence-electron chi connectivity index (χ4n) is 2.43. The lowest BCUT2D eigenvalue weighted by atomic mass is 10.1. The van der Waals surface area contributed by atoms with Crippen LogP contribution >= 0.6 is 0 Å². The smallest absolute Gasteiger partial charge is 0.142 e. The van der Waals surface area contributed by atoms with Gasteiger partial charge in [-0.1, -0.05) is 19.9 Å². The van der Waals surface area contributed by atoms with Gasteiger partial charge in [0, 0.05) is 13.1 Å². The third kappa shape index (κ3) is 7.14. The number of nitrogens with two attached hydrogens (primary N) is 1. The molecule has 1 aromatic rings. The summed E-state index contributed by atoms with van der Waals surface area (Å²) in [5, 5.41) is 3.51. The van der Waals surface area contributed by atoms with Crippen molar-refractivity contribution in [3.05, 3.63) is 23.8 Å². The molecule has 0 atom stereocenters. The molecular weight excluding hydrogens is 274 g/mol. The first kappa shape index (κ1) is 18.8. The Hall–Kier alpha value is -1.26. The topological polar surface area (TPSA) is 50.5 Å². The predicted octanol–water partition coefficient (Wildman–Crippen LogP) is 2.92. The highest BCUT2D eigenvalue weighted by Crippen LogP contribution is 2.24. The van der Waals surface area contributed by atoms with Gasteiger partial charge in [0.25, 0.3) is 0 Å². The van der Waals surface area contributed by atoms with Crippen molar-refractivity contribution >= 4 is 5.69 Å². The van der Waals surface area contributed by atoms with Crippen LogP contribution in [0.1, 0.15) is 39.7 Å². The number of nitrogens with one attached hydrogen (secondary N) is 1. The molecule has 0 aliphatic rings. The Morgan fingerprint density at radius 3 is 2.50 bits per heavy atom. The summed E-state index contributed by atoms with van der Waals surface area (Å²) in [6, 6.07) is 6.13.